The topological polar surface area (TPSA) is 102 Å². The van der Waals surface area contributed by atoms with Gasteiger partial charge in [-0.25, -0.2) is 17.5 Å². The van der Waals surface area contributed by atoms with Crippen LogP contribution in [0.2, 0.25) is 0 Å². The van der Waals surface area contributed by atoms with Crippen LogP contribution in [0.4, 0.5) is 14.5 Å². The van der Waals surface area contributed by atoms with Crippen LogP contribution in [0.3, 0.4) is 0 Å². The summed E-state index contributed by atoms with van der Waals surface area (Å²) in [5, 5.41) is 24.1. The van der Waals surface area contributed by atoms with Gasteiger partial charge in [-0.15, -0.1) is 0 Å². The SMILES string of the molecule is CS(=O)(=O)N1CCN(c2cc3cnn(-c4cc(O)c(F)c(F)c4)c3cc2C#N)CC1. The zero-order valence-electron chi connectivity index (χ0n) is 15.9. The van der Waals surface area contributed by atoms with E-state index in [9.17, 15) is 27.6 Å². The van der Waals surface area contributed by atoms with Crippen molar-refractivity contribution in [3.05, 3.63) is 47.7 Å². The number of phenolic OH excluding ortho intramolecular Hbond substituents is 1. The molecule has 1 aliphatic rings. The molecule has 2 aromatic carbocycles. The van der Waals surface area contributed by atoms with Crippen molar-refractivity contribution in [2.24, 2.45) is 0 Å². The molecule has 1 saturated heterocycles. The molecule has 0 saturated carbocycles. The van der Waals surface area contributed by atoms with E-state index < -0.39 is 27.4 Å². The van der Waals surface area contributed by atoms with E-state index in [4.69, 9.17) is 0 Å². The fourth-order valence-electron chi connectivity index (χ4n) is 3.56. The van der Waals surface area contributed by atoms with E-state index in [1.165, 1.54) is 21.4 Å². The molecule has 2 heterocycles. The molecule has 3 aromatic rings. The van der Waals surface area contributed by atoms with Crippen molar-refractivity contribution in [2.45, 2.75) is 0 Å². The predicted octanol–water partition coefficient (Wildman–Crippen LogP) is 1.96. The molecule has 1 aromatic heterocycles. The quantitative estimate of drug-likeness (QED) is 0.678. The van der Waals surface area contributed by atoms with Crippen molar-refractivity contribution in [3.63, 3.8) is 0 Å². The highest BCUT2D eigenvalue weighted by molar-refractivity contribution is 7.88. The van der Waals surface area contributed by atoms with Crippen LogP contribution in [-0.2, 0) is 10.0 Å². The number of fused-ring (bicyclic) bond motifs is 1. The predicted molar refractivity (Wildman–Crippen MR) is 106 cm³/mol. The first-order valence-corrected chi connectivity index (χ1v) is 10.8. The van der Waals surface area contributed by atoms with E-state index in [2.05, 4.69) is 11.2 Å². The number of nitriles is 1. The van der Waals surface area contributed by atoms with Crippen molar-refractivity contribution in [3.8, 4) is 17.5 Å². The number of phenols is 1. The van der Waals surface area contributed by atoms with Gasteiger partial charge in [0.15, 0.2) is 17.4 Å². The maximum atomic E-state index is 13.7. The summed E-state index contributed by atoms with van der Waals surface area (Å²) in [7, 11) is -3.27. The summed E-state index contributed by atoms with van der Waals surface area (Å²) < 4.78 is 53.2. The van der Waals surface area contributed by atoms with Crippen LogP contribution in [0.5, 0.6) is 5.75 Å². The second-order valence-electron chi connectivity index (χ2n) is 7.01. The van der Waals surface area contributed by atoms with Crippen LogP contribution < -0.4 is 4.90 Å². The minimum atomic E-state index is -3.27. The number of nitrogens with zero attached hydrogens (tertiary/aromatic N) is 5. The Balaban J connectivity index is 1.73. The Bertz CT molecular complexity index is 1270. The molecular weight excluding hydrogens is 416 g/mol. The molecule has 8 nitrogen and oxygen atoms in total. The molecule has 11 heteroatoms. The molecular formula is C19H17F2N5O3S. The third-order valence-corrected chi connectivity index (χ3v) is 6.40. The van der Waals surface area contributed by atoms with Crippen LogP contribution in [0.25, 0.3) is 16.6 Å². The van der Waals surface area contributed by atoms with Crippen molar-refractivity contribution >= 4 is 26.6 Å². The first kappa shape index (κ1) is 20.1. The lowest BCUT2D eigenvalue weighted by Crippen LogP contribution is -2.48. The maximum Gasteiger partial charge on any atom is 0.211 e. The van der Waals surface area contributed by atoms with Gasteiger partial charge >= 0.3 is 0 Å². The number of halogens is 2. The summed E-state index contributed by atoms with van der Waals surface area (Å²) >= 11 is 0. The Morgan fingerprint density at radius 3 is 2.43 bits per heavy atom. The molecule has 1 fully saturated rings. The van der Waals surface area contributed by atoms with Gasteiger partial charge in [-0.2, -0.15) is 19.1 Å². The monoisotopic (exact) mass is 433 g/mol. The normalized spacial score (nSPS) is 15.5. The highest BCUT2D eigenvalue weighted by Crippen LogP contribution is 2.31. The lowest BCUT2D eigenvalue weighted by atomic mass is 10.1. The molecule has 0 atom stereocenters. The van der Waals surface area contributed by atoms with Gasteiger partial charge in [0.25, 0.3) is 0 Å². The minimum absolute atomic E-state index is 0.111. The molecule has 4 rings (SSSR count). The summed E-state index contributed by atoms with van der Waals surface area (Å²) in [6.45, 7) is 1.49. The van der Waals surface area contributed by atoms with Crippen LogP contribution in [0.15, 0.2) is 30.5 Å². The summed E-state index contributed by atoms with van der Waals surface area (Å²) in [6, 6.07) is 7.43. The molecule has 1 aliphatic heterocycles. The van der Waals surface area contributed by atoms with E-state index in [0.29, 0.717) is 48.3 Å². The molecule has 30 heavy (non-hydrogen) atoms. The summed E-state index contributed by atoms with van der Waals surface area (Å²) in [4.78, 5) is 1.93. The molecule has 156 valence electrons. The highest BCUT2D eigenvalue weighted by atomic mass is 32.2. The average molecular weight is 433 g/mol. The van der Waals surface area contributed by atoms with Crippen LogP contribution in [-0.4, -0.2) is 60.0 Å². The van der Waals surface area contributed by atoms with Gasteiger partial charge in [-0.05, 0) is 12.1 Å². The van der Waals surface area contributed by atoms with E-state index in [0.717, 1.165) is 12.1 Å². The molecule has 0 unspecified atom stereocenters. The maximum absolute atomic E-state index is 13.7. The third kappa shape index (κ3) is 3.44. The number of rotatable bonds is 3. The summed E-state index contributed by atoms with van der Waals surface area (Å²) in [5.74, 6) is -3.40. The molecule has 1 N–H and O–H groups in total. The number of piperazine rings is 1. The van der Waals surface area contributed by atoms with Gasteiger partial charge in [-0.1, -0.05) is 0 Å². The fourth-order valence-corrected chi connectivity index (χ4v) is 4.39. The number of anilines is 1. The van der Waals surface area contributed by atoms with Crippen LogP contribution >= 0.6 is 0 Å². The van der Waals surface area contributed by atoms with Gasteiger partial charge < -0.3 is 10.0 Å². The number of sulfonamides is 1. The van der Waals surface area contributed by atoms with Crippen molar-refractivity contribution < 1.29 is 22.3 Å². The van der Waals surface area contributed by atoms with Gasteiger partial charge in [0.2, 0.25) is 10.0 Å². The molecule has 0 aliphatic carbocycles. The number of hydrogen-bond acceptors (Lipinski definition) is 6. The standard InChI is InChI=1S/C19H17F2N5O3S/c1-30(28,29)25-4-2-24(3-5-25)16-7-13-11-23-26(17(13)6-12(16)10-22)14-8-15(20)19(21)18(27)9-14/h6-9,11,27H,2-5H2,1H3. The Morgan fingerprint density at radius 1 is 1.13 bits per heavy atom. The number of benzene rings is 2. The van der Waals surface area contributed by atoms with Crippen molar-refractivity contribution in [1.29, 1.82) is 5.26 Å². The second kappa shape index (κ2) is 7.23. The molecule has 0 radical (unpaired) electrons. The number of aromatic hydroxyl groups is 1. The lowest BCUT2D eigenvalue weighted by Gasteiger charge is -2.35. The van der Waals surface area contributed by atoms with Gasteiger partial charge in [0.1, 0.15) is 6.07 Å². The Morgan fingerprint density at radius 2 is 1.83 bits per heavy atom. The van der Waals surface area contributed by atoms with E-state index in [-0.39, 0.29) is 5.69 Å². The van der Waals surface area contributed by atoms with Gasteiger partial charge in [0.05, 0.1) is 34.9 Å². The van der Waals surface area contributed by atoms with E-state index in [1.807, 2.05) is 4.90 Å². The first-order valence-electron chi connectivity index (χ1n) is 8.99. The lowest BCUT2D eigenvalue weighted by molar-refractivity contribution is 0.388. The number of hydrogen-bond donors (Lipinski definition) is 1. The summed E-state index contributed by atoms with van der Waals surface area (Å²) in [5.41, 5.74) is 1.57. The Hall–Kier alpha value is -3.23. The van der Waals surface area contributed by atoms with Crippen LogP contribution in [0.1, 0.15) is 5.56 Å². The average Bonchev–Trinajstić information content (AvgIpc) is 3.13. The second-order valence-corrected chi connectivity index (χ2v) is 8.99. The smallest absolute Gasteiger partial charge is 0.211 e. The Kier molecular flexibility index (Phi) is 4.83. The Labute approximate surface area is 171 Å². The van der Waals surface area contributed by atoms with Gasteiger partial charge in [-0.3, -0.25) is 0 Å². The zero-order valence-corrected chi connectivity index (χ0v) is 16.7. The first-order chi connectivity index (χ1) is 14.2. The van der Waals surface area contributed by atoms with E-state index >= 15 is 0 Å². The van der Waals surface area contributed by atoms with Crippen molar-refractivity contribution in [1.82, 2.24) is 14.1 Å². The third-order valence-electron chi connectivity index (χ3n) is 5.09. The minimum Gasteiger partial charge on any atom is -0.505 e. The number of aromatic nitrogens is 2. The fraction of sp³-hybridized carbons (Fsp3) is 0.263. The van der Waals surface area contributed by atoms with Crippen molar-refractivity contribution in [2.75, 3.05) is 37.3 Å². The van der Waals surface area contributed by atoms with Gasteiger partial charge in [0, 0.05) is 43.7 Å². The highest BCUT2D eigenvalue weighted by Gasteiger charge is 2.25. The van der Waals surface area contributed by atoms with Crippen LogP contribution in [0, 0.1) is 23.0 Å². The molecule has 0 spiro atoms. The zero-order chi connectivity index (χ0) is 21.6. The van der Waals surface area contributed by atoms with E-state index in [1.54, 1.807) is 12.1 Å². The molecule has 0 amide bonds. The summed E-state index contributed by atoms with van der Waals surface area (Å²) in [6.07, 6.45) is 2.69. The molecule has 0 bridgehead atoms. The largest absolute Gasteiger partial charge is 0.505 e.